The van der Waals surface area contributed by atoms with Gasteiger partial charge >= 0.3 is 11.9 Å². The number of carbonyl (C=O) groups excluding carboxylic acids is 2. The van der Waals surface area contributed by atoms with Crippen molar-refractivity contribution in [3.05, 3.63) is 0 Å². The van der Waals surface area contributed by atoms with Gasteiger partial charge in [0.05, 0.1) is 6.61 Å². The molecule has 0 aliphatic carbocycles. The van der Waals surface area contributed by atoms with Crippen LogP contribution in [0.2, 0.25) is 0 Å². The van der Waals surface area contributed by atoms with Crippen LogP contribution in [0.15, 0.2) is 0 Å². The van der Waals surface area contributed by atoms with Crippen molar-refractivity contribution < 1.29 is 24.2 Å². The highest BCUT2D eigenvalue weighted by molar-refractivity contribution is 5.70. The van der Waals surface area contributed by atoms with E-state index < -0.39 is 6.10 Å². The van der Waals surface area contributed by atoms with Crippen LogP contribution in [0, 0.1) is 11.8 Å². The molecule has 0 saturated carbocycles. The largest absolute Gasteiger partial charge is 0.462 e. The summed E-state index contributed by atoms with van der Waals surface area (Å²) in [6.07, 6.45) is 24.4. The molecule has 0 aliphatic heterocycles. The van der Waals surface area contributed by atoms with Gasteiger partial charge in [-0.05, 0) is 24.7 Å². The summed E-state index contributed by atoms with van der Waals surface area (Å²) in [6, 6.07) is 0. The third-order valence-electron chi connectivity index (χ3n) is 7.98. The minimum atomic E-state index is -0.762. The SMILES string of the molecule is CCC(C)CCCCCCCCCCCCC(=O)OC[C@H](CO)OC(=O)CCCCCCCCC(C)CC. The zero-order chi connectivity index (χ0) is 28.3. The monoisotopic (exact) mass is 540 g/mol. The third kappa shape index (κ3) is 25.2. The molecule has 0 spiro atoms. The van der Waals surface area contributed by atoms with Gasteiger partial charge in [0, 0.05) is 12.8 Å². The zero-order valence-corrected chi connectivity index (χ0v) is 25.8. The summed E-state index contributed by atoms with van der Waals surface area (Å²) >= 11 is 0. The summed E-state index contributed by atoms with van der Waals surface area (Å²) in [4.78, 5) is 24.0. The molecular weight excluding hydrogens is 476 g/mol. The number of aliphatic hydroxyl groups is 1. The summed E-state index contributed by atoms with van der Waals surface area (Å²) in [5, 5.41) is 9.48. The molecule has 1 N–H and O–H groups in total. The van der Waals surface area contributed by atoms with E-state index in [0.717, 1.165) is 50.4 Å². The molecule has 3 atom stereocenters. The van der Waals surface area contributed by atoms with Crippen LogP contribution < -0.4 is 0 Å². The quantitative estimate of drug-likeness (QED) is 0.0790. The summed E-state index contributed by atoms with van der Waals surface area (Å²) in [5.41, 5.74) is 0. The molecule has 0 aliphatic rings. The van der Waals surface area contributed by atoms with E-state index in [-0.39, 0.29) is 25.2 Å². The second-order valence-corrected chi connectivity index (χ2v) is 11.7. The Hall–Kier alpha value is -1.10. The molecular formula is C33H64O5. The van der Waals surface area contributed by atoms with Gasteiger partial charge in [0.1, 0.15) is 6.61 Å². The first-order chi connectivity index (χ1) is 18.4. The van der Waals surface area contributed by atoms with Gasteiger partial charge in [-0.3, -0.25) is 9.59 Å². The Balaban J connectivity index is 3.58. The van der Waals surface area contributed by atoms with Gasteiger partial charge < -0.3 is 14.6 Å². The number of aliphatic hydroxyl groups excluding tert-OH is 1. The van der Waals surface area contributed by atoms with Crippen molar-refractivity contribution in [1.29, 1.82) is 0 Å². The lowest BCUT2D eigenvalue weighted by Gasteiger charge is -2.15. The van der Waals surface area contributed by atoms with Crippen LogP contribution in [-0.4, -0.2) is 36.4 Å². The molecule has 2 unspecified atom stereocenters. The predicted molar refractivity (Wildman–Crippen MR) is 159 cm³/mol. The van der Waals surface area contributed by atoms with E-state index in [9.17, 15) is 14.7 Å². The first-order valence-corrected chi connectivity index (χ1v) is 16.4. The second kappa shape index (κ2) is 27.5. The molecule has 0 aromatic carbocycles. The van der Waals surface area contributed by atoms with E-state index in [1.165, 1.54) is 89.9 Å². The highest BCUT2D eigenvalue weighted by atomic mass is 16.6. The number of esters is 2. The molecule has 0 aromatic rings. The first-order valence-electron chi connectivity index (χ1n) is 16.4. The van der Waals surface area contributed by atoms with Crippen LogP contribution in [0.5, 0.6) is 0 Å². The van der Waals surface area contributed by atoms with Crippen LogP contribution in [0.25, 0.3) is 0 Å². The molecule has 5 nitrogen and oxygen atoms in total. The van der Waals surface area contributed by atoms with Crippen LogP contribution >= 0.6 is 0 Å². The maximum absolute atomic E-state index is 12.0. The van der Waals surface area contributed by atoms with Crippen molar-refractivity contribution in [2.75, 3.05) is 13.2 Å². The Morgan fingerprint density at radius 3 is 1.34 bits per heavy atom. The Morgan fingerprint density at radius 1 is 0.579 bits per heavy atom. The number of hydrogen-bond donors (Lipinski definition) is 1. The molecule has 5 heteroatoms. The number of rotatable bonds is 28. The fourth-order valence-corrected chi connectivity index (χ4v) is 4.68. The van der Waals surface area contributed by atoms with E-state index in [1.807, 2.05) is 0 Å². The van der Waals surface area contributed by atoms with Crippen LogP contribution in [-0.2, 0) is 19.1 Å². The molecule has 0 aromatic heterocycles. The Kier molecular flexibility index (Phi) is 26.7. The van der Waals surface area contributed by atoms with Crippen LogP contribution in [0.3, 0.4) is 0 Å². The molecule has 0 fully saturated rings. The van der Waals surface area contributed by atoms with E-state index in [1.54, 1.807) is 0 Å². The lowest BCUT2D eigenvalue weighted by Crippen LogP contribution is -2.28. The van der Waals surface area contributed by atoms with Gasteiger partial charge in [-0.2, -0.15) is 0 Å². The van der Waals surface area contributed by atoms with Crippen LogP contribution in [0.4, 0.5) is 0 Å². The minimum Gasteiger partial charge on any atom is -0.462 e. The van der Waals surface area contributed by atoms with Gasteiger partial charge in [-0.1, -0.05) is 143 Å². The van der Waals surface area contributed by atoms with Gasteiger partial charge in [-0.25, -0.2) is 0 Å². The second-order valence-electron chi connectivity index (χ2n) is 11.7. The standard InChI is InChI=1S/C33H64O5/c1-5-29(3)23-19-15-11-9-7-8-10-12-17-21-25-32(35)37-28-31(27-34)38-33(36)26-22-18-14-13-16-20-24-30(4)6-2/h29-31,34H,5-28H2,1-4H3/t29?,30?,31-/m0/s1. The highest BCUT2D eigenvalue weighted by Crippen LogP contribution is 2.16. The third-order valence-corrected chi connectivity index (χ3v) is 7.98. The summed E-state index contributed by atoms with van der Waals surface area (Å²) in [5.74, 6) is 1.12. The first kappa shape index (κ1) is 36.9. The number of hydrogen-bond acceptors (Lipinski definition) is 5. The van der Waals surface area contributed by atoms with Crippen molar-refractivity contribution in [3.63, 3.8) is 0 Å². The normalized spacial score (nSPS) is 13.7. The van der Waals surface area contributed by atoms with Crippen molar-refractivity contribution in [3.8, 4) is 0 Å². The molecule has 0 radical (unpaired) electrons. The molecule has 0 heterocycles. The lowest BCUT2D eigenvalue weighted by molar-refractivity contribution is -0.161. The summed E-state index contributed by atoms with van der Waals surface area (Å²) < 4.78 is 10.5. The Labute approximate surface area is 236 Å². The lowest BCUT2D eigenvalue weighted by atomic mass is 9.99. The van der Waals surface area contributed by atoms with Crippen molar-refractivity contribution >= 4 is 11.9 Å². The number of unbranched alkanes of at least 4 members (excludes halogenated alkanes) is 14. The average molecular weight is 541 g/mol. The number of carbonyl (C=O) groups is 2. The van der Waals surface area contributed by atoms with E-state index >= 15 is 0 Å². The highest BCUT2D eigenvalue weighted by Gasteiger charge is 2.16. The van der Waals surface area contributed by atoms with Crippen molar-refractivity contribution in [1.82, 2.24) is 0 Å². The van der Waals surface area contributed by atoms with Crippen molar-refractivity contribution in [2.24, 2.45) is 11.8 Å². The van der Waals surface area contributed by atoms with Gasteiger partial charge in [0.2, 0.25) is 0 Å². The average Bonchev–Trinajstić information content (AvgIpc) is 2.92. The van der Waals surface area contributed by atoms with Gasteiger partial charge in [0.15, 0.2) is 6.10 Å². The molecule has 0 amide bonds. The zero-order valence-electron chi connectivity index (χ0n) is 25.8. The van der Waals surface area contributed by atoms with E-state index in [0.29, 0.717) is 12.8 Å². The van der Waals surface area contributed by atoms with Crippen LogP contribution in [0.1, 0.15) is 169 Å². The maximum Gasteiger partial charge on any atom is 0.306 e. The Morgan fingerprint density at radius 2 is 0.947 bits per heavy atom. The van der Waals surface area contributed by atoms with Gasteiger partial charge in [-0.15, -0.1) is 0 Å². The smallest absolute Gasteiger partial charge is 0.306 e. The summed E-state index contributed by atoms with van der Waals surface area (Å²) in [7, 11) is 0. The fraction of sp³-hybridized carbons (Fsp3) is 0.939. The summed E-state index contributed by atoms with van der Waals surface area (Å²) in [6.45, 7) is 8.80. The molecule has 0 rings (SSSR count). The minimum absolute atomic E-state index is 0.0609. The van der Waals surface area contributed by atoms with Gasteiger partial charge in [0.25, 0.3) is 0 Å². The Bertz CT molecular complexity index is 535. The molecule has 0 bridgehead atoms. The molecule has 0 saturated heterocycles. The topological polar surface area (TPSA) is 72.8 Å². The number of ether oxygens (including phenoxy) is 2. The predicted octanol–water partition coefficient (Wildman–Crippen LogP) is 9.33. The maximum atomic E-state index is 12.0. The van der Waals surface area contributed by atoms with E-state index in [4.69, 9.17) is 9.47 Å². The van der Waals surface area contributed by atoms with Crippen molar-refractivity contribution in [2.45, 2.75) is 175 Å². The van der Waals surface area contributed by atoms with E-state index in [2.05, 4.69) is 27.7 Å². The molecule has 226 valence electrons. The molecule has 38 heavy (non-hydrogen) atoms. The fourth-order valence-electron chi connectivity index (χ4n) is 4.68.